The molecule has 0 radical (unpaired) electrons. The first-order valence-corrected chi connectivity index (χ1v) is 10.3. The number of rotatable bonds is 5. The minimum Gasteiger partial charge on any atom is -0.454 e. The quantitative estimate of drug-likeness (QED) is 0.655. The average Bonchev–Trinajstić information content (AvgIpc) is 3.24. The number of hydrogen-bond donors (Lipinski definition) is 1. The van der Waals surface area contributed by atoms with Gasteiger partial charge < -0.3 is 14.8 Å². The molecule has 0 aliphatic carbocycles. The van der Waals surface area contributed by atoms with Crippen LogP contribution >= 0.6 is 23.1 Å². The fourth-order valence-corrected chi connectivity index (χ4v) is 4.47. The maximum absolute atomic E-state index is 11.9. The van der Waals surface area contributed by atoms with E-state index < -0.39 is 0 Å². The molecule has 3 aromatic rings. The van der Waals surface area contributed by atoms with Gasteiger partial charge in [0.05, 0.1) is 15.5 Å². The number of benzene rings is 1. The van der Waals surface area contributed by atoms with Crippen LogP contribution in [0.15, 0.2) is 23.2 Å². The molecule has 3 heterocycles. The predicted molar refractivity (Wildman–Crippen MR) is 106 cm³/mol. The third-order valence-corrected chi connectivity index (χ3v) is 5.76. The zero-order valence-corrected chi connectivity index (χ0v) is 16.7. The largest absolute Gasteiger partial charge is 0.454 e. The lowest BCUT2D eigenvalue weighted by molar-refractivity contribution is -0.119. The first-order valence-electron chi connectivity index (χ1n) is 8.47. The Kier molecular flexibility index (Phi) is 4.88. The third kappa shape index (κ3) is 3.70. The van der Waals surface area contributed by atoms with Gasteiger partial charge in [0.15, 0.2) is 11.5 Å². The summed E-state index contributed by atoms with van der Waals surface area (Å²) in [4.78, 5) is 16.6. The molecule has 2 aromatic heterocycles. The number of fused-ring (bicyclic) bond motifs is 2. The van der Waals surface area contributed by atoms with E-state index >= 15 is 0 Å². The molecule has 9 heteroatoms. The zero-order chi connectivity index (χ0) is 19.0. The van der Waals surface area contributed by atoms with Crippen molar-refractivity contribution in [2.75, 3.05) is 12.5 Å². The average molecular weight is 403 g/mol. The van der Waals surface area contributed by atoms with E-state index in [1.165, 1.54) is 11.8 Å². The number of ether oxygens (including phenoxy) is 2. The molecule has 7 nitrogen and oxygen atoms in total. The second-order valence-corrected chi connectivity index (χ2v) is 8.51. The van der Waals surface area contributed by atoms with E-state index in [2.05, 4.69) is 20.5 Å². The first kappa shape index (κ1) is 18.0. The number of nitrogens with zero attached hydrogens (tertiary/aromatic N) is 3. The van der Waals surface area contributed by atoms with E-state index in [9.17, 15) is 4.79 Å². The number of carbonyl (C=O) groups excluding carboxylic acids is 1. The van der Waals surface area contributed by atoms with Gasteiger partial charge in [-0.3, -0.25) is 4.79 Å². The summed E-state index contributed by atoms with van der Waals surface area (Å²) in [5.74, 6) is 1.68. The van der Waals surface area contributed by atoms with Gasteiger partial charge in [-0.1, -0.05) is 11.8 Å². The van der Waals surface area contributed by atoms with Crippen molar-refractivity contribution in [3.05, 3.63) is 23.2 Å². The van der Waals surface area contributed by atoms with Crippen LogP contribution in [0.5, 0.6) is 11.5 Å². The molecule has 1 aliphatic heterocycles. The van der Waals surface area contributed by atoms with Crippen LogP contribution in [0.4, 0.5) is 0 Å². The van der Waals surface area contributed by atoms with Crippen LogP contribution in [0.2, 0.25) is 0 Å². The standard InChI is InChI=1S/C18H18N4O3S2/c1-9(2)19-14(23)7-26-18-16-17(27-10(3)20-16)15(21-22-18)11-4-5-12-13(6-11)25-8-24-12/h4-6,9H,7-8H2,1-3H3,(H,19,23). The second-order valence-electron chi connectivity index (χ2n) is 6.34. The summed E-state index contributed by atoms with van der Waals surface area (Å²) < 4.78 is 11.8. The number of amides is 1. The smallest absolute Gasteiger partial charge is 0.231 e. The van der Waals surface area contributed by atoms with Gasteiger partial charge >= 0.3 is 0 Å². The highest BCUT2D eigenvalue weighted by Crippen LogP contribution is 2.39. The maximum Gasteiger partial charge on any atom is 0.231 e. The Balaban J connectivity index is 1.67. The predicted octanol–water partition coefficient (Wildman–Crippen LogP) is 3.41. The Bertz CT molecular complexity index is 1020. The molecule has 1 aliphatic rings. The van der Waals surface area contributed by atoms with Gasteiger partial charge in [0.1, 0.15) is 16.2 Å². The molecule has 140 valence electrons. The minimum atomic E-state index is -0.0308. The third-order valence-electron chi connectivity index (χ3n) is 3.83. The molecular weight excluding hydrogens is 384 g/mol. The number of aromatic nitrogens is 3. The Morgan fingerprint density at radius 1 is 1.30 bits per heavy atom. The van der Waals surface area contributed by atoms with Crippen LogP contribution in [0.1, 0.15) is 18.9 Å². The number of carbonyl (C=O) groups is 1. The number of hydrogen-bond acceptors (Lipinski definition) is 8. The highest BCUT2D eigenvalue weighted by Gasteiger charge is 2.20. The lowest BCUT2D eigenvalue weighted by Gasteiger charge is -2.08. The number of thiazole rings is 1. The van der Waals surface area contributed by atoms with Crippen molar-refractivity contribution >= 4 is 39.2 Å². The molecule has 4 rings (SSSR count). The van der Waals surface area contributed by atoms with Gasteiger partial charge in [-0.15, -0.1) is 21.5 Å². The Hall–Kier alpha value is -2.39. The Morgan fingerprint density at radius 2 is 2.11 bits per heavy atom. The highest BCUT2D eigenvalue weighted by molar-refractivity contribution is 8.00. The maximum atomic E-state index is 11.9. The second kappa shape index (κ2) is 7.32. The molecule has 1 N–H and O–H groups in total. The number of aryl methyl sites for hydroxylation is 1. The molecule has 0 spiro atoms. The van der Waals surface area contributed by atoms with E-state index in [0.29, 0.717) is 10.8 Å². The Morgan fingerprint density at radius 3 is 2.93 bits per heavy atom. The van der Waals surface area contributed by atoms with Gasteiger partial charge in [0.2, 0.25) is 12.7 Å². The lowest BCUT2D eigenvalue weighted by Crippen LogP contribution is -2.31. The molecule has 0 atom stereocenters. The Labute approximate surface area is 164 Å². The van der Waals surface area contributed by atoms with E-state index in [1.54, 1.807) is 11.3 Å². The van der Waals surface area contributed by atoms with Gasteiger partial charge in [-0.05, 0) is 39.0 Å². The summed E-state index contributed by atoms with van der Waals surface area (Å²) in [5.41, 5.74) is 2.43. The fraction of sp³-hybridized carbons (Fsp3) is 0.333. The normalized spacial score (nSPS) is 12.7. The molecule has 27 heavy (non-hydrogen) atoms. The monoisotopic (exact) mass is 402 g/mol. The molecule has 0 saturated heterocycles. The van der Waals surface area contributed by atoms with Crippen LogP contribution in [-0.2, 0) is 4.79 Å². The summed E-state index contributed by atoms with van der Waals surface area (Å²) in [6, 6.07) is 5.83. The van der Waals surface area contributed by atoms with Crippen molar-refractivity contribution in [3.8, 4) is 22.8 Å². The topological polar surface area (TPSA) is 86.2 Å². The summed E-state index contributed by atoms with van der Waals surface area (Å²) in [7, 11) is 0. The van der Waals surface area contributed by atoms with E-state index in [0.717, 1.165) is 32.2 Å². The van der Waals surface area contributed by atoms with Gasteiger partial charge in [-0.25, -0.2) is 4.98 Å². The molecule has 0 fully saturated rings. The van der Waals surface area contributed by atoms with Crippen molar-refractivity contribution in [2.24, 2.45) is 0 Å². The lowest BCUT2D eigenvalue weighted by atomic mass is 10.1. The fourth-order valence-electron chi connectivity index (χ4n) is 2.75. The van der Waals surface area contributed by atoms with Crippen LogP contribution < -0.4 is 14.8 Å². The van der Waals surface area contributed by atoms with E-state index in [1.807, 2.05) is 39.0 Å². The molecule has 1 aromatic carbocycles. The van der Waals surface area contributed by atoms with E-state index in [-0.39, 0.29) is 24.5 Å². The van der Waals surface area contributed by atoms with Crippen LogP contribution in [0.3, 0.4) is 0 Å². The van der Waals surface area contributed by atoms with Crippen molar-refractivity contribution in [2.45, 2.75) is 31.8 Å². The first-order chi connectivity index (χ1) is 13.0. The van der Waals surface area contributed by atoms with Crippen molar-refractivity contribution in [1.82, 2.24) is 20.5 Å². The SMILES string of the molecule is Cc1nc2c(SCC(=O)NC(C)C)nnc(-c3ccc4c(c3)OCO4)c2s1. The summed E-state index contributed by atoms with van der Waals surface area (Å²) >= 11 is 2.92. The van der Waals surface area contributed by atoms with Gasteiger partial charge in [-0.2, -0.15) is 0 Å². The van der Waals surface area contributed by atoms with Crippen molar-refractivity contribution in [3.63, 3.8) is 0 Å². The summed E-state index contributed by atoms with van der Waals surface area (Å²) in [6.07, 6.45) is 0. The minimum absolute atomic E-state index is 0.0308. The molecule has 0 bridgehead atoms. The van der Waals surface area contributed by atoms with Gasteiger partial charge in [0, 0.05) is 11.6 Å². The van der Waals surface area contributed by atoms with Crippen molar-refractivity contribution < 1.29 is 14.3 Å². The number of nitrogens with one attached hydrogen (secondary N) is 1. The number of thioether (sulfide) groups is 1. The van der Waals surface area contributed by atoms with Crippen molar-refractivity contribution in [1.29, 1.82) is 0 Å². The molecule has 0 unspecified atom stereocenters. The molecule has 0 saturated carbocycles. The van der Waals surface area contributed by atoms with Crippen LogP contribution in [0, 0.1) is 6.92 Å². The zero-order valence-electron chi connectivity index (χ0n) is 15.1. The summed E-state index contributed by atoms with van der Waals surface area (Å²) in [5, 5.41) is 13.2. The molecule has 1 amide bonds. The van der Waals surface area contributed by atoms with Crippen LogP contribution in [-0.4, -0.2) is 39.7 Å². The van der Waals surface area contributed by atoms with Gasteiger partial charge in [0.25, 0.3) is 0 Å². The summed E-state index contributed by atoms with van der Waals surface area (Å²) in [6.45, 7) is 6.05. The van der Waals surface area contributed by atoms with Crippen LogP contribution in [0.25, 0.3) is 21.5 Å². The highest BCUT2D eigenvalue weighted by atomic mass is 32.2. The molecular formula is C18H18N4O3S2. The van der Waals surface area contributed by atoms with E-state index in [4.69, 9.17) is 9.47 Å².